The molecule has 1 aliphatic rings. The quantitative estimate of drug-likeness (QED) is 0.565. The third kappa shape index (κ3) is 5.04. The first-order valence-electron chi connectivity index (χ1n) is 6.82. The van der Waals surface area contributed by atoms with Crippen LogP contribution in [0, 0.1) is 0 Å². The Kier molecular flexibility index (Phi) is 7.21. The van der Waals surface area contributed by atoms with E-state index in [2.05, 4.69) is 17.1 Å². The molecule has 0 bridgehead atoms. The van der Waals surface area contributed by atoms with E-state index in [0.29, 0.717) is 0 Å². The second-order valence-electron chi connectivity index (χ2n) is 4.67. The summed E-state index contributed by atoms with van der Waals surface area (Å²) in [5.74, 6) is -0.0667. The minimum Gasteiger partial charge on any atom is -0.468 e. The monoisotopic (exact) mass is 242 g/mol. The maximum absolute atomic E-state index is 11.8. The molecule has 4 heteroatoms. The molecule has 0 aromatic heterocycles. The fourth-order valence-electron chi connectivity index (χ4n) is 2.35. The lowest BCUT2D eigenvalue weighted by Crippen LogP contribution is -2.43. The number of esters is 1. The minimum atomic E-state index is -0.0667. The molecule has 0 radical (unpaired) electrons. The van der Waals surface area contributed by atoms with E-state index >= 15 is 0 Å². The van der Waals surface area contributed by atoms with Gasteiger partial charge >= 0.3 is 5.97 Å². The molecule has 0 spiro atoms. The largest absolute Gasteiger partial charge is 0.468 e. The molecular weight excluding hydrogens is 216 g/mol. The zero-order valence-corrected chi connectivity index (χ0v) is 11.2. The van der Waals surface area contributed by atoms with Gasteiger partial charge in [-0.3, -0.25) is 9.69 Å². The molecule has 1 aliphatic heterocycles. The Balaban J connectivity index is 2.50. The molecule has 100 valence electrons. The van der Waals surface area contributed by atoms with Crippen LogP contribution in [0.5, 0.6) is 0 Å². The molecule has 0 aromatic rings. The Morgan fingerprint density at radius 1 is 1.35 bits per heavy atom. The van der Waals surface area contributed by atoms with E-state index in [1.165, 1.54) is 20.0 Å². The van der Waals surface area contributed by atoms with Gasteiger partial charge in [-0.15, -0.1) is 0 Å². The topological polar surface area (TPSA) is 41.6 Å². The van der Waals surface area contributed by atoms with Crippen molar-refractivity contribution < 1.29 is 9.53 Å². The van der Waals surface area contributed by atoms with E-state index in [1.54, 1.807) is 0 Å². The van der Waals surface area contributed by atoms with Gasteiger partial charge in [0.15, 0.2) is 0 Å². The van der Waals surface area contributed by atoms with Crippen molar-refractivity contribution in [2.24, 2.45) is 0 Å². The number of hydrogen-bond acceptors (Lipinski definition) is 4. The maximum Gasteiger partial charge on any atom is 0.323 e. The minimum absolute atomic E-state index is 0.0357. The van der Waals surface area contributed by atoms with E-state index < -0.39 is 0 Å². The lowest BCUT2D eigenvalue weighted by atomic mass is 10.1. The van der Waals surface area contributed by atoms with E-state index in [9.17, 15) is 4.79 Å². The third-order valence-corrected chi connectivity index (χ3v) is 3.37. The van der Waals surface area contributed by atoms with Crippen LogP contribution >= 0.6 is 0 Å². The first-order valence-corrected chi connectivity index (χ1v) is 6.82. The van der Waals surface area contributed by atoms with Gasteiger partial charge in [0.1, 0.15) is 6.04 Å². The summed E-state index contributed by atoms with van der Waals surface area (Å²) in [6.07, 6.45) is 5.54. The summed E-state index contributed by atoms with van der Waals surface area (Å²) in [7, 11) is 1.49. The summed E-state index contributed by atoms with van der Waals surface area (Å²) in [5, 5.41) is 3.36. The average molecular weight is 242 g/mol. The molecule has 1 N–H and O–H groups in total. The SMILES string of the molecule is CCCCCC(C(=O)OC)N1CCCNCC1. The number of nitrogens with zero attached hydrogens (tertiary/aromatic N) is 1. The van der Waals surface area contributed by atoms with E-state index in [1.807, 2.05) is 0 Å². The summed E-state index contributed by atoms with van der Waals surface area (Å²) in [6, 6.07) is -0.0357. The Hall–Kier alpha value is -0.610. The van der Waals surface area contributed by atoms with Gasteiger partial charge in [0.05, 0.1) is 7.11 Å². The zero-order valence-electron chi connectivity index (χ0n) is 11.2. The lowest BCUT2D eigenvalue weighted by Gasteiger charge is -2.28. The van der Waals surface area contributed by atoms with Crippen LogP contribution < -0.4 is 5.32 Å². The standard InChI is InChI=1S/C13H26N2O2/c1-3-4-5-7-12(13(16)17-2)15-10-6-8-14-9-11-15/h12,14H,3-11H2,1-2H3. The van der Waals surface area contributed by atoms with Gasteiger partial charge in [0.2, 0.25) is 0 Å². The summed E-state index contributed by atoms with van der Waals surface area (Å²) in [6.45, 7) is 6.16. The van der Waals surface area contributed by atoms with Crippen molar-refractivity contribution in [3.8, 4) is 0 Å². The van der Waals surface area contributed by atoms with Crippen molar-refractivity contribution in [3.05, 3.63) is 0 Å². The van der Waals surface area contributed by atoms with Crippen LogP contribution in [0.15, 0.2) is 0 Å². The van der Waals surface area contributed by atoms with E-state index in [0.717, 1.165) is 45.4 Å². The van der Waals surface area contributed by atoms with Crippen LogP contribution in [0.4, 0.5) is 0 Å². The molecule has 1 heterocycles. The maximum atomic E-state index is 11.8. The van der Waals surface area contributed by atoms with Crippen molar-refractivity contribution >= 4 is 5.97 Å². The average Bonchev–Trinajstić information content (AvgIpc) is 2.62. The predicted molar refractivity (Wildman–Crippen MR) is 69.0 cm³/mol. The highest BCUT2D eigenvalue weighted by atomic mass is 16.5. The first-order chi connectivity index (χ1) is 8.29. The molecule has 0 saturated carbocycles. The Morgan fingerprint density at radius 3 is 2.88 bits per heavy atom. The molecule has 1 atom stereocenters. The zero-order chi connectivity index (χ0) is 12.5. The number of unbranched alkanes of at least 4 members (excludes halogenated alkanes) is 2. The normalized spacial score (nSPS) is 19.6. The Bertz CT molecular complexity index is 213. The number of methoxy groups -OCH3 is 1. The lowest BCUT2D eigenvalue weighted by molar-refractivity contribution is -0.147. The molecule has 0 aromatic carbocycles. The van der Waals surface area contributed by atoms with Crippen molar-refractivity contribution in [1.29, 1.82) is 0 Å². The number of carbonyl (C=O) groups is 1. The molecule has 17 heavy (non-hydrogen) atoms. The molecule has 1 saturated heterocycles. The van der Waals surface area contributed by atoms with Crippen molar-refractivity contribution in [1.82, 2.24) is 10.2 Å². The second kappa shape index (κ2) is 8.48. The van der Waals surface area contributed by atoms with Crippen molar-refractivity contribution in [3.63, 3.8) is 0 Å². The van der Waals surface area contributed by atoms with Crippen molar-refractivity contribution in [2.45, 2.75) is 45.1 Å². The van der Waals surface area contributed by atoms with Crippen LogP contribution in [0.1, 0.15) is 39.0 Å². The third-order valence-electron chi connectivity index (χ3n) is 3.37. The Morgan fingerprint density at radius 2 is 2.18 bits per heavy atom. The van der Waals surface area contributed by atoms with Crippen molar-refractivity contribution in [2.75, 3.05) is 33.3 Å². The predicted octanol–water partition coefficient (Wildman–Crippen LogP) is 1.40. The van der Waals surface area contributed by atoms with E-state index in [4.69, 9.17) is 4.74 Å². The summed E-state index contributed by atoms with van der Waals surface area (Å²) >= 11 is 0. The van der Waals surface area contributed by atoms with Gasteiger partial charge in [-0.1, -0.05) is 26.2 Å². The molecular formula is C13H26N2O2. The van der Waals surface area contributed by atoms with Crippen LogP contribution in [-0.2, 0) is 9.53 Å². The van der Waals surface area contributed by atoms with Gasteiger partial charge in [-0.25, -0.2) is 0 Å². The smallest absolute Gasteiger partial charge is 0.323 e. The molecule has 0 amide bonds. The van der Waals surface area contributed by atoms with Crippen LogP contribution in [-0.4, -0.2) is 50.2 Å². The highest BCUT2D eigenvalue weighted by Crippen LogP contribution is 2.13. The number of carbonyl (C=O) groups excluding carboxylic acids is 1. The van der Waals surface area contributed by atoms with Crippen LogP contribution in [0.25, 0.3) is 0 Å². The molecule has 1 fully saturated rings. The van der Waals surface area contributed by atoms with Crippen LogP contribution in [0.3, 0.4) is 0 Å². The highest BCUT2D eigenvalue weighted by Gasteiger charge is 2.26. The molecule has 1 rings (SSSR count). The van der Waals surface area contributed by atoms with Gasteiger partial charge in [-0.05, 0) is 19.4 Å². The molecule has 1 unspecified atom stereocenters. The van der Waals surface area contributed by atoms with Gasteiger partial charge in [0, 0.05) is 19.6 Å². The molecule has 4 nitrogen and oxygen atoms in total. The fraction of sp³-hybridized carbons (Fsp3) is 0.923. The Labute approximate surface area is 105 Å². The summed E-state index contributed by atoms with van der Waals surface area (Å²) in [4.78, 5) is 14.1. The number of ether oxygens (including phenoxy) is 1. The summed E-state index contributed by atoms with van der Waals surface area (Å²) in [5.41, 5.74) is 0. The second-order valence-corrected chi connectivity index (χ2v) is 4.67. The van der Waals surface area contributed by atoms with Gasteiger partial charge in [-0.2, -0.15) is 0 Å². The first kappa shape index (κ1) is 14.5. The number of nitrogens with one attached hydrogen (secondary N) is 1. The fourth-order valence-corrected chi connectivity index (χ4v) is 2.35. The molecule has 0 aliphatic carbocycles. The number of rotatable bonds is 6. The highest BCUT2D eigenvalue weighted by molar-refractivity contribution is 5.75. The number of hydrogen-bond donors (Lipinski definition) is 1. The van der Waals surface area contributed by atoms with E-state index in [-0.39, 0.29) is 12.0 Å². The summed E-state index contributed by atoms with van der Waals surface area (Å²) < 4.78 is 4.94. The van der Waals surface area contributed by atoms with Gasteiger partial charge < -0.3 is 10.1 Å². The van der Waals surface area contributed by atoms with Crippen LogP contribution in [0.2, 0.25) is 0 Å². The van der Waals surface area contributed by atoms with Gasteiger partial charge in [0.25, 0.3) is 0 Å².